The number of hydrogen-bond acceptors (Lipinski definition) is 2. The Morgan fingerprint density at radius 2 is 1.39 bits per heavy atom. The molecule has 0 atom stereocenters. The number of benzene rings is 1. The monoisotopic (exact) mass is 310 g/mol. The number of aryl methyl sites for hydroxylation is 1. The summed E-state index contributed by atoms with van der Waals surface area (Å²) in [6.07, 6.45) is 7.78. The lowest BCUT2D eigenvalue weighted by atomic mass is 9.54. The normalized spacial score (nSPS) is 39.9. The van der Waals surface area contributed by atoms with Crippen molar-refractivity contribution >= 4 is 5.69 Å². The van der Waals surface area contributed by atoms with Crippen molar-refractivity contribution in [3.8, 4) is 0 Å². The molecule has 0 N–H and O–H groups in total. The molecule has 0 aromatic heterocycles. The summed E-state index contributed by atoms with van der Waals surface area (Å²) in [6.45, 7) is 7.24. The molecule has 0 spiro atoms. The Morgan fingerprint density at radius 3 is 2.00 bits per heavy atom. The Morgan fingerprint density at radius 1 is 0.783 bits per heavy atom. The van der Waals surface area contributed by atoms with E-state index in [4.69, 9.17) is 0 Å². The molecular formula is C21H30N2. The molecule has 23 heavy (non-hydrogen) atoms. The number of nitrogens with zero attached hydrogens (tertiary/aromatic N) is 2. The molecule has 1 aromatic carbocycles. The largest absolute Gasteiger partial charge is 0.369 e. The van der Waals surface area contributed by atoms with Gasteiger partial charge < -0.3 is 4.90 Å². The van der Waals surface area contributed by atoms with Gasteiger partial charge in [-0.2, -0.15) is 0 Å². The topological polar surface area (TPSA) is 6.48 Å². The highest BCUT2D eigenvalue weighted by Crippen LogP contribution is 2.55. The van der Waals surface area contributed by atoms with Gasteiger partial charge in [-0.15, -0.1) is 0 Å². The molecule has 2 nitrogen and oxygen atoms in total. The van der Waals surface area contributed by atoms with Crippen molar-refractivity contribution < 1.29 is 0 Å². The molecule has 4 saturated carbocycles. The third kappa shape index (κ3) is 2.41. The number of para-hydroxylation sites is 1. The summed E-state index contributed by atoms with van der Waals surface area (Å²) in [4.78, 5) is 5.50. The summed E-state index contributed by atoms with van der Waals surface area (Å²) in [5.41, 5.74) is 2.88. The van der Waals surface area contributed by atoms with E-state index in [1.165, 1.54) is 37.4 Å². The van der Waals surface area contributed by atoms with Gasteiger partial charge in [0.15, 0.2) is 0 Å². The van der Waals surface area contributed by atoms with E-state index < -0.39 is 0 Å². The summed E-state index contributed by atoms with van der Waals surface area (Å²) in [5, 5.41) is 0. The number of anilines is 1. The molecule has 5 aliphatic rings. The van der Waals surface area contributed by atoms with Crippen molar-refractivity contribution in [1.29, 1.82) is 0 Å². The predicted octanol–water partition coefficient (Wildman–Crippen LogP) is 3.94. The van der Waals surface area contributed by atoms with Crippen LogP contribution in [0.15, 0.2) is 24.3 Å². The first kappa shape index (κ1) is 14.3. The van der Waals surface area contributed by atoms with E-state index in [-0.39, 0.29) is 0 Å². The minimum Gasteiger partial charge on any atom is -0.369 e. The summed E-state index contributed by atoms with van der Waals surface area (Å²) < 4.78 is 0. The predicted molar refractivity (Wildman–Crippen MR) is 95.8 cm³/mol. The standard InChI is InChI=1S/C21H30N2/c1-15-4-2-3-5-20(15)22-6-8-23(9-7-22)21-18-11-16-10-17(13-18)14-19(21)12-16/h2-5,16-19,21H,6-14H2,1H3. The van der Waals surface area contributed by atoms with Crippen molar-refractivity contribution in [1.82, 2.24) is 4.90 Å². The van der Waals surface area contributed by atoms with Crippen molar-refractivity contribution in [2.24, 2.45) is 23.7 Å². The number of rotatable bonds is 2. The highest BCUT2D eigenvalue weighted by Gasteiger charge is 2.50. The number of piperazine rings is 1. The molecule has 2 heteroatoms. The summed E-state index contributed by atoms with van der Waals surface area (Å²) in [6, 6.07) is 9.82. The molecule has 4 aliphatic carbocycles. The molecule has 1 aromatic rings. The first-order valence-corrected chi connectivity index (χ1v) is 9.82. The molecular weight excluding hydrogens is 280 g/mol. The first-order chi connectivity index (χ1) is 11.3. The van der Waals surface area contributed by atoms with Crippen LogP contribution in [0.5, 0.6) is 0 Å². The van der Waals surface area contributed by atoms with Crippen LogP contribution in [0.4, 0.5) is 5.69 Å². The van der Waals surface area contributed by atoms with Gasteiger partial charge in [-0.25, -0.2) is 0 Å². The highest BCUT2D eigenvalue weighted by molar-refractivity contribution is 5.53. The molecule has 0 unspecified atom stereocenters. The van der Waals surface area contributed by atoms with E-state index in [1.54, 1.807) is 32.1 Å². The average molecular weight is 310 g/mol. The smallest absolute Gasteiger partial charge is 0.0396 e. The molecule has 0 amide bonds. The second kappa shape index (κ2) is 5.51. The van der Waals surface area contributed by atoms with Crippen LogP contribution in [0, 0.1) is 30.6 Å². The molecule has 1 heterocycles. The lowest BCUT2D eigenvalue weighted by Crippen LogP contribution is -2.60. The first-order valence-electron chi connectivity index (χ1n) is 9.82. The maximum atomic E-state index is 2.89. The van der Waals surface area contributed by atoms with Crippen molar-refractivity contribution in [2.75, 3.05) is 31.1 Å². The molecule has 1 saturated heterocycles. The minimum atomic E-state index is 0.932. The molecule has 0 radical (unpaired) electrons. The Bertz CT molecular complexity index is 545. The molecule has 5 fully saturated rings. The average Bonchev–Trinajstić information content (AvgIpc) is 2.55. The van der Waals surface area contributed by atoms with Crippen LogP contribution in [0.3, 0.4) is 0 Å². The lowest BCUT2D eigenvalue weighted by molar-refractivity contribution is -0.0665. The Hall–Kier alpha value is -1.02. The van der Waals surface area contributed by atoms with E-state index in [9.17, 15) is 0 Å². The fourth-order valence-electron chi connectivity index (χ4n) is 6.67. The van der Waals surface area contributed by atoms with Crippen LogP contribution in [0.1, 0.15) is 37.7 Å². The van der Waals surface area contributed by atoms with Gasteiger partial charge in [0.05, 0.1) is 0 Å². The second-order valence-corrected chi connectivity index (χ2v) is 8.73. The van der Waals surface area contributed by atoms with Crippen molar-refractivity contribution in [3.05, 3.63) is 29.8 Å². The zero-order chi connectivity index (χ0) is 15.4. The van der Waals surface area contributed by atoms with Crippen molar-refractivity contribution in [2.45, 2.75) is 45.1 Å². The fourth-order valence-corrected chi connectivity index (χ4v) is 6.67. The maximum Gasteiger partial charge on any atom is 0.0396 e. The van der Waals surface area contributed by atoms with Gasteiger partial charge in [0.2, 0.25) is 0 Å². The van der Waals surface area contributed by atoms with Crippen LogP contribution < -0.4 is 4.90 Å². The van der Waals surface area contributed by atoms with Crippen LogP contribution >= 0.6 is 0 Å². The second-order valence-electron chi connectivity index (χ2n) is 8.73. The van der Waals surface area contributed by atoms with Crippen molar-refractivity contribution in [3.63, 3.8) is 0 Å². The quantitative estimate of drug-likeness (QED) is 0.816. The number of hydrogen-bond donors (Lipinski definition) is 0. The van der Waals surface area contributed by atoms with Crippen LogP contribution in [0.2, 0.25) is 0 Å². The van der Waals surface area contributed by atoms with Crippen LogP contribution in [0.25, 0.3) is 0 Å². The molecule has 4 bridgehead atoms. The summed E-state index contributed by atoms with van der Waals surface area (Å²) in [7, 11) is 0. The van der Waals surface area contributed by atoms with Gasteiger partial charge in [-0.1, -0.05) is 18.2 Å². The van der Waals surface area contributed by atoms with Gasteiger partial charge in [0.1, 0.15) is 0 Å². The van der Waals surface area contributed by atoms with E-state index >= 15 is 0 Å². The molecule has 1 aliphatic heterocycles. The van der Waals surface area contributed by atoms with E-state index in [0.717, 1.165) is 29.7 Å². The molecule has 6 rings (SSSR count). The minimum absolute atomic E-state index is 0.932. The SMILES string of the molecule is Cc1ccccc1N1CCN(C2C3CC4CC(C3)CC2C4)CC1. The van der Waals surface area contributed by atoms with E-state index in [1.807, 2.05) is 0 Å². The van der Waals surface area contributed by atoms with Gasteiger partial charge in [-0.3, -0.25) is 4.90 Å². The third-order valence-electron chi connectivity index (χ3n) is 7.37. The van der Waals surface area contributed by atoms with Gasteiger partial charge in [0.25, 0.3) is 0 Å². The molecule has 124 valence electrons. The van der Waals surface area contributed by atoms with Gasteiger partial charge >= 0.3 is 0 Å². The Kier molecular flexibility index (Phi) is 3.44. The van der Waals surface area contributed by atoms with Crippen LogP contribution in [-0.2, 0) is 0 Å². The van der Waals surface area contributed by atoms with Gasteiger partial charge in [0, 0.05) is 37.9 Å². The zero-order valence-corrected chi connectivity index (χ0v) is 14.5. The zero-order valence-electron chi connectivity index (χ0n) is 14.5. The highest BCUT2D eigenvalue weighted by atomic mass is 15.3. The summed E-state index contributed by atoms with van der Waals surface area (Å²) >= 11 is 0. The summed E-state index contributed by atoms with van der Waals surface area (Å²) in [5.74, 6) is 4.27. The third-order valence-corrected chi connectivity index (χ3v) is 7.37. The Labute approximate surface area is 140 Å². The lowest BCUT2D eigenvalue weighted by Gasteiger charge is -2.58. The Balaban J connectivity index is 1.28. The van der Waals surface area contributed by atoms with Crippen LogP contribution in [-0.4, -0.2) is 37.1 Å². The fraction of sp³-hybridized carbons (Fsp3) is 0.714. The maximum absolute atomic E-state index is 2.89. The van der Waals surface area contributed by atoms with E-state index in [2.05, 4.69) is 41.0 Å². The van der Waals surface area contributed by atoms with Gasteiger partial charge in [-0.05, 0) is 74.3 Å². The van der Waals surface area contributed by atoms with E-state index in [0.29, 0.717) is 0 Å².